The molecule has 1 N–H and O–H groups in total. The molecule has 1 heterocycles. The number of carbonyl (C=O) groups is 1. The van der Waals surface area contributed by atoms with E-state index < -0.39 is 0 Å². The number of nitrogens with zero attached hydrogens (tertiary/aromatic N) is 1. The molecule has 0 radical (unpaired) electrons. The predicted molar refractivity (Wildman–Crippen MR) is 96.7 cm³/mol. The summed E-state index contributed by atoms with van der Waals surface area (Å²) >= 11 is 0. The molecule has 0 aromatic heterocycles. The molecule has 1 aromatic rings. The smallest absolute Gasteiger partial charge is 0.168 e. The highest BCUT2D eigenvalue weighted by Gasteiger charge is 2.32. The van der Waals surface area contributed by atoms with E-state index in [2.05, 4.69) is 4.99 Å². The Balaban J connectivity index is 1.61. The second-order valence-corrected chi connectivity index (χ2v) is 7.50. The van der Waals surface area contributed by atoms with Gasteiger partial charge in [0.25, 0.3) is 0 Å². The number of benzene rings is 1. The summed E-state index contributed by atoms with van der Waals surface area (Å²) in [7, 11) is 0. The van der Waals surface area contributed by atoms with Crippen LogP contribution in [0.15, 0.2) is 40.6 Å². The average molecular weight is 343 g/mol. The van der Waals surface area contributed by atoms with Gasteiger partial charge in [-0.15, -0.1) is 0 Å². The Kier molecular flexibility index (Phi) is 5.23. The quantitative estimate of drug-likeness (QED) is 0.816. The van der Waals surface area contributed by atoms with Crippen LogP contribution in [0.3, 0.4) is 0 Å². The van der Waals surface area contributed by atoms with Crippen molar-refractivity contribution in [2.24, 2.45) is 10.4 Å². The number of ether oxygens (including phenoxy) is 2. The van der Waals surface area contributed by atoms with Crippen LogP contribution < -0.4 is 4.74 Å². The third kappa shape index (κ3) is 4.69. The topological polar surface area (TPSA) is 68.1 Å². The van der Waals surface area contributed by atoms with Gasteiger partial charge < -0.3 is 14.6 Å². The molecule has 1 aromatic carbocycles. The van der Waals surface area contributed by atoms with Gasteiger partial charge >= 0.3 is 0 Å². The van der Waals surface area contributed by atoms with Crippen molar-refractivity contribution in [3.05, 3.63) is 35.6 Å². The fourth-order valence-corrected chi connectivity index (χ4v) is 3.18. The lowest BCUT2D eigenvalue weighted by molar-refractivity contribution is -0.117. The van der Waals surface area contributed by atoms with E-state index in [0.717, 1.165) is 25.2 Å². The van der Waals surface area contributed by atoms with Crippen LogP contribution >= 0.6 is 0 Å². The van der Waals surface area contributed by atoms with Crippen molar-refractivity contribution in [1.82, 2.24) is 0 Å². The molecule has 1 saturated heterocycles. The SMILES string of the molecule is CC1(C)CC(=O)C(C=Nc2ccc(OCC3CCCO3)cc2)=C(O)C1. The minimum atomic E-state index is -0.194. The zero-order valence-corrected chi connectivity index (χ0v) is 14.8. The minimum Gasteiger partial charge on any atom is -0.511 e. The van der Waals surface area contributed by atoms with Crippen LogP contribution in [0.1, 0.15) is 39.5 Å². The lowest BCUT2D eigenvalue weighted by Crippen LogP contribution is -2.26. The summed E-state index contributed by atoms with van der Waals surface area (Å²) in [5.74, 6) is 0.836. The number of Topliss-reactive ketones (excluding diaryl/α,β-unsaturated/α-hetero) is 1. The van der Waals surface area contributed by atoms with Crippen LogP contribution in [0.2, 0.25) is 0 Å². The van der Waals surface area contributed by atoms with E-state index in [4.69, 9.17) is 9.47 Å². The van der Waals surface area contributed by atoms with Gasteiger partial charge in [-0.25, -0.2) is 0 Å². The summed E-state index contributed by atoms with van der Waals surface area (Å²) in [4.78, 5) is 16.5. The molecule has 134 valence electrons. The van der Waals surface area contributed by atoms with Crippen molar-refractivity contribution < 1.29 is 19.4 Å². The Morgan fingerprint density at radius 2 is 2.08 bits per heavy atom. The van der Waals surface area contributed by atoms with Crippen molar-refractivity contribution in [3.63, 3.8) is 0 Å². The van der Waals surface area contributed by atoms with Crippen LogP contribution in [-0.4, -0.2) is 36.4 Å². The Labute approximate surface area is 148 Å². The van der Waals surface area contributed by atoms with E-state index in [1.54, 1.807) is 0 Å². The summed E-state index contributed by atoms with van der Waals surface area (Å²) in [6, 6.07) is 7.36. The molecule has 1 atom stereocenters. The fraction of sp³-hybridized carbons (Fsp3) is 0.500. The Morgan fingerprint density at radius 1 is 1.32 bits per heavy atom. The molecular weight excluding hydrogens is 318 g/mol. The van der Waals surface area contributed by atoms with Crippen molar-refractivity contribution in [2.75, 3.05) is 13.2 Å². The highest BCUT2D eigenvalue weighted by atomic mass is 16.5. The van der Waals surface area contributed by atoms with E-state index in [0.29, 0.717) is 30.7 Å². The number of carbonyl (C=O) groups excluding carboxylic acids is 1. The molecule has 1 aliphatic heterocycles. The summed E-state index contributed by atoms with van der Waals surface area (Å²) < 4.78 is 11.2. The van der Waals surface area contributed by atoms with E-state index in [9.17, 15) is 9.90 Å². The summed E-state index contributed by atoms with van der Waals surface area (Å²) in [5.41, 5.74) is 0.834. The normalized spacial score (nSPS) is 23.4. The minimum absolute atomic E-state index is 0.0611. The monoisotopic (exact) mass is 343 g/mol. The first-order chi connectivity index (χ1) is 11.9. The molecule has 1 aliphatic carbocycles. The second-order valence-electron chi connectivity index (χ2n) is 7.50. The molecule has 0 saturated carbocycles. The van der Waals surface area contributed by atoms with Crippen molar-refractivity contribution >= 4 is 17.7 Å². The molecule has 0 spiro atoms. The van der Waals surface area contributed by atoms with E-state index in [1.807, 2.05) is 38.1 Å². The summed E-state index contributed by atoms with van der Waals surface area (Å²) in [5, 5.41) is 10.1. The highest BCUT2D eigenvalue weighted by Crippen LogP contribution is 2.35. The van der Waals surface area contributed by atoms with Crippen LogP contribution in [0.5, 0.6) is 5.75 Å². The number of rotatable bonds is 5. The van der Waals surface area contributed by atoms with Gasteiger partial charge in [-0.1, -0.05) is 13.8 Å². The van der Waals surface area contributed by atoms with Gasteiger partial charge in [0.2, 0.25) is 0 Å². The Morgan fingerprint density at radius 3 is 2.72 bits per heavy atom. The number of aliphatic hydroxyl groups is 1. The second kappa shape index (κ2) is 7.40. The number of aliphatic imine (C=N–C) groups is 1. The van der Waals surface area contributed by atoms with Gasteiger partial charge in [0.05, 0.1) is 17.4 Å². The van der Waals surface area contributed by atoms with Gasteiger partial charge in [0.15, 0.2) is 5.78 Å². The first-order valence-corrected chi connectivity index (χ1v) is 8.77. The summed E-state index contributed by atoms with van der Waals surface area (Å²) in [6.45, 7) is 5.34. The molecule has 1 unspecified atom stereocenters. The molecule has 25 heavy (non-hydrogen) atoms. The number of hydrogen-bond acceptors (Lipinski definition) is 5. The third-order valence-corrected chi connectivity index (χ3v) is 4.54. The van der Waals surface area contributed by atoms with Crippen molar-refractivity contribution in [1.29, 1.82) is 0 Å². The fourth-order valence-electron chi connectivity index (χ4n) is 3.18. The Hall–Kier alpha value is -2.14. The van der Waals surface area contributed by atoms with E-state index in [-0.39, 0.29) is 23.1 Å². The standard InChI is InChI=1S/C20H25NO4/c1-20(2)10-18(22)17(19(23)11-20)12-21-14-5-7-15(8-6-14)25-13-16-4-3-9-24-16/h5-8,12,16,22H,3-4,9-11,13H2,1-2H3. The van der Waals surface area contributed by atoms with Gasteiger partial charge in [0, 0.05) is 25.7 Å². The van der Waals surface area contributed by atoms with Crippen LogP contribution in [0.25, 0.3) is 0 Å². The van der Waals surface area contributed by atoms with Gasteiger partial charge in [-0.3, -0.25) is 9.79 Å². The van der Waals surface area contributed by atoms with Crippen molar-refractivity contribution in [2.45, 2.75) is 45.6 Å². The molecule has 1 fully saturated rings. The molecule has 5 heteroatoms. The maximum absolute atomic E-state index is 12.2. The molecule has 3 rings (SSSR count). The van der Waals surface area contributed by atoms with Crippen LogP contribution in [0, 0.1) is 5.41 Å². The molecule has 2 aliphatic rings. The van der Waals surface area contributed by atoms with Crippen LogP contribution in [0.4, 0.5) is 5.69 Å². The first-order valence-electron chi connectivity index (χ1n) is 8.77. The zero-order chi connectivity index (χ0) is 17.9. The van der Waals surface area contributed by atoms with Gasteiger partial charge in [-0.2, -0.15) is 0 Å². The van der Waals surface area contributed by atoms with E-state index >= 15 is 0 Å². The number of hydrogen-bond donors (Lipinski definition) is 1. The molecule has 5 nitrogen and oxygen atoms in total. The average Bonchev–Trinajstić information content (AvgIpc) is 3.05. The van der Waals surface area contributed by atoms with Crippen LogP contribution in [-0.2, 0) is 9.53 Å². The van der Waals surface area contributed by atoms with Crippen molar-refractivity contribution in [3.8, 4) is 5.75 Å². The zero-order valence-electron chi connectivity index (χ0n) is 14.8. The Bertz CT molecular complexity index is 682. The van der Waals surface area contributed by atoms with Gasteiger partial charge in [0.1, 0.15) is 18.1 Å². The molecule has 0 bridgehead atoms. The number of ketones is 1. The third-order valence-electron chi connectivity index (χ3n) is 4.54. The predicted octanol–water partition coefficient (Wildman–Crippen LogP) is 4.15. The number of allylic oxidation sites excluding steroid dienone is 2. The highest BCUT2D eigenvalue weighted by molar-refractivity contribution is 6.14. The molecule has 0 amide bonds. The lowest BCUT2D eigenvalue weighted by Gasteiger charge is -2.28. The first kappa shape index (κ1) is 17.7. The molecular formula is C20H25NO4. The largest absolute Gasteiger partial charge is 0.511 e. The maximum atomic E-state index is 12.2. The lowest BCUT2D eigenvalue weighted by atomic mass is 9.77. The van der Waals surface area contributed by atoms with E-state index in [1.165, 1.54) is 6.21 Å². The maximum Gasteiger partial charge on any atom is 0.168 e. The summed E-state index contributed by atoms with van der Waals surface area (Å²) in [6.07, 6.45) is 4.72. The number of aliphatic hydroxyl groups excluding tert-OH is 1. The van der Waals surface area contributed by atoms with Gasteiger partial charge in [-0.05, 0) is 42.5 Å².